The molecule has 0 bridgehead atoms. The second kappa shape index (κ2) is 7.42. The van der Waals surface area contributed by atoms with Crippen LogP contribution in [0.15, 0.2) is 30.9 Å². The number of anilines is 1. The van der Waals surface area contributed by atoms with Gasteiger partial charge in [0.2, 0.25) is 0 Å². The number of nitro benzene ring substituents is 1. The molecule has 1 aromatic carbocycles. The summed E-state index contributed by atoms with van der Waals surface area (Å²) in [5, 5.41) is 22.6. The maximum absolute atomic E-state index is 11.1. The summed E-state index contributed by atoms with van der Waals surface area (Å²) in [6.07, 6.45) is 1.79. The topological polar surface area (TPSA) is 92.5 Å². The first-order valence-corrected chi connectivity index (χ1v) is 6.66. The predicted octanol–water partition coefficient (Wildman–Crippen LogP) is 2.62. The van der Waals surface area contributed by atoms with Gasteiger partial charge in [-0.3, -0.25) is 10.1 Å². The summed E-state index contributed by atoms with van der Waals surface area (Å²) >= 11 is 1.66. The molecule has 0 aromatic heterocycles. The minimum atomic E-state index is -1.19. The Morgan fingerprint density at radius 1 is 1.58 bits per heavy atom. The van der Waals surface area contributed by atoms with Gasteiger partial charge in [-0.2, -0.15) is 11.8 Å². The average molecular weight is 282 g/mol. The van der Waals surface area contributed by atoms with Crippen molar-refractivity contribution in [3.05, 3.63) is 46.5 Å². The van der Waals surface area contributed by atoms with Gasteiger partial charge in [-0.05, 0) is 6.07 Å². The number of aromatic carboxylic acids is 1. The zero-order valence-corrected chi connectivity index (χ0v) is 11.0. The summed E-state index contributed by atoms with van der Waals surface area (Å²) < 4.78 is 0. The summed E-state index contributed by atoms with van der Waals surface area (Å²) in [6, 6.07) is 3.76. The van der Waals surface area contributed by atoms with E-state index in [-0.39, 0.29) is 11.3 Å². The predicted molar refractivity (Wildman–Crippen MR) is 76.1 cm³/mol. The Morgan fingerprint density at radius 3 is 2.89 bits per heavy atom. The number of hydrogen-bond acceptors (Lipinski definition) is 5. The third-order valence-corrected chi connectivity index (χ3v) is 3.21. The van der Waals surface area contributed by atoms with Crippen LogP contribution < -0.4 is 5.32 Å². The number of rotatable bonds is 8. The molecule has 0 radical (unpaired) electrons. The standard InChI is InChI=1S/C12H14N2O4S/c1-2-6-19-7-5-13-11-4-3-9(14(17)18)8-10(11)12(15)16/h2-4,8,13H,1,5-7H2,(H,15,16). The monoisotopic (exact) mass is 282 g/mol. The van der Waals surface area contributed by atoms with Gasteiger partial charge in [0.15, 0.2) is 0 Å². The van der Waals surface area contributed by atoms with Crippen LogP contribution in [0.5, 0.6) is 0 Å². The van der Waals surface area contributed by atoms with E-state index in [9.17, 15) is 14.9 Å². The largest absolute Gasteiger partial charge is 0.478 e. The summed E-state index contributed by atoms with van der Waals surface area (Å²) in [7, 11) is 0. The first-order chi connectivity index (χ1) is 9.06. The fourth-order valence-electron chi connectivity index (χ4n) is 1.40. The Kier molecular flexibility index (Phi) is 5.87. The normalized spacial score (nSPS) is 9.89. The molecule has 0 fully saturated rings. The van der Waals surface area contributed by atoms with Crippen molar-refractivity contribution in [2.75, 3.05) is 23.4 Å². The molecule has 7 heteroatoms. The number of thioether (sulfide) groups is 1. The molecule has 1 aromatic rings. The molecule has 0 aliphatic heterocycles. The van der Waals surface area contributed by atoms with Crippen LogP contribution in [0, 0.1) is 10.1 Å². The lowest BCUT2D eigenvalue weighted by atomic mass is 10.1. The quantitative estimate of drug-likeness (QED) is 0.329. The average Bonchev–Trinajstić information content (AvgIpc) is 2.38. The lowest BCUT2D eigenvalue weighted by molar-refractivity contribution is -0.384. The molecule has 0 amide bonds. The molecule has 0 aliphatic rings. The Hall–Kier alpha value is -2.02. The van der Waals surface area contributed by atoms with Gasteiger partial charge in [-0.15, -0.1) is 6.58 Å². The highest BCUT2D eigenvalue weighted by Gasteiger charge is 2.15. The second-order valence-corrected chi connectivity index (χ2v) is 4.73. The van der Waals surface area contributed by atoms with Crippen molar-refractivity contribution in [1.29, 1.82) is 0 Å². The molecule has 0 heterocycles. The molecule has 0 atom stereocenters. The number of carbonyl (C=O) groups is 1. The van der Waals surface area contributed by atoms with Crippen LogP contribution in [0.25, 0.3) is 0 Å². The van der Waals surface area contributed by atoms with Crippen molar-refractivity contribution in [1.82, 2.24) is 0 Å². The highest BCUT2D eigenvalue weighted by molar-refractivity contribution is 7.99. The van der Waals surface area contributed by atoms with Crippen molar-refractivity contribution >= 4 is 29.1 Å². The lowest BCUT2D eigenvalue weighted by Crippen LogP contribution is -2.09. The SMILES string of the molecule is C=CCSCCNc1ccc([N+](=O)[O-])cc1C(=O)O. The smallest absolute Gasteiger partial charge is 0.338 e. The maximum atomic E-state index is 11.1. The number of non-ortho nitro benzene ring substituents is 1. The van der Waals surface area contributed by atoms with Crippen LogP contribution in [-0.4, -0.2) is 34.0 Å². The van der Waals surface area contributed by atoms with E-state index in [1.165, 1.54) is 12.1 Å². The van der Waals surface area contributed by atoms with Gasteiger partial charge in [-0.25, -0.2) is 4.79 Å². The van der Waals surface area contributed by atoms with Gasteiger partial charge < -0.3 is 10.4 Å². The Balaban J connectivity index is 2.74. The van der Waals surface area contributed by atoms with Crippen molar-refractivity contribution in [2.45, 2.75) is 0 Å². The molecule has 0 aliphatic carbocycles. The molecule has 0 unspecified atom stereocenters. The summed E-state index contributed by atoms with van der Waals surface area (Å²) in [5.41, 5.74) is 0.0595. The van der Waals surface area contributed by atoms with Crippen molar-refractivity contribution < 1.29 is 14.8 Å². The van der Waals surface area contributed by atoms with Crippen molar-refractivity contribution in [3.8, 4) is 0 Å². The van der Waals surface area contributed by atoms with Crippen LogP contribution in [0.3, 0.4) is 0 Å². The fraction of sp³-hybridized carbons (Fsp3) is 0.250. The Bertz CT molecular complexity index is 491. The van der Waals surface area contributed by atoms with Gasteiger partial charge in [0, 0.05) is 35.9 Å². The third kappa shape index (κ3) is 4.63. The van der Waals surface area contributed by atoms with E-state index < -0.39 is 10.9 Å². The molecule has 2 N–H and O–H groups in total. The van der Waals surface area contributed by atoms with E-state index in [0.29, 0.717) is 12.2 Å². The van der Waals surface area contributed by atoms with E-state index in [4.69, 9.17) is 5.11 Å². The first kappa shape index (κ1) is 15.0. The molecule has 6 nitrogen and oxygen atoms in total. The van der Waals surface area contributed by atoms with Gasteiger partial charge in [-0.1, -0.05) is 6.08 Å². The Labute approximate surface area is 114 Å². The zero-order chi connectivity index (χ0) is 14.3. The van der Waals surface area contributed by atoms with Crippen LogP contribution in [0.1, 0.15) is 10.4 Å². The molecule has 19 heavy (non-hydrogen) atoms. The molecule has 0 spiro atoms. The molecule has 1 rings (SSSR count). The van der Waals surface area contributed by atoms with Crippen LogP contribution in [0.4, 0.5) is 11.4 Å². The molecule has 102 valence electrons. The van der Waals surface area contributed by atoms with E-state index >= 15 is 0 Å². The molecule has 0 saturated carbocycles. The maximum Gasteiger partial charge on any atom is 0.338 e. The summed E-state index contributed by atoms with van der Waals surface area (Å²) in [6.45, 7) is 4.18. The molecular formula is C12H14N2O4S. The second-order valence-electron chi connectivity index (χ2n) is 3.58. The number of hydrogen-bond donors (Lipinski definition) is 2. The summed E-state index contributed by atoms with van der Waals surface area (Å²) in [5.74, 6) is 0.431. The van der Waals surface area contributed by atoms with Crippen LogP contribution in [0.2, 0.25) is 0 Å². The number of carboxylic acid groups (broad SMARTS) is 1. The molecule has 0 saturated heterocycles. The summed E-state index contributed by atoms with van der Waals surface area (Å²) in [4.78, 5) is 21.0. The lowest BCUT2D eigenvalue weighted by Gasteiger charge is -2.08. The minimum absolute atomic E-state index is 0.0945. The fourth-order valence-corrected chi connectivity index (χ4v) is 1.98. The van der Waals surface area contributed by atoms with Gasteiger partial charge in [0.05, 0.1) is 10.5 Å². The highest BCUT2D eigenvalue weighted by Crippen LogP contribution is 2.22. The Morgan fingerprint density at radius 2 is 2.32 bits per heavy atom. The van der Waals surface area contributed by atoms with Crippen LogP contribution in [-0.2, 0) is 0 Å². The van der Waals surface area contributed by atoms with Gasteiger partial charge in [0.1, 0.15) is 0 Å². The number of benzene rings is 1. The third-order valence-electron chi connectivity index (χ3n) is 2.24. The number of nitrogens with zero attached hydrogens (tertiary/aromatic N) is 1. The number of carboxylic acids is 1. The van der Waals surface area contributed by atoms with E-state index in [0.717, 1.165) is 17.6 Å². The van der Waals surface area contributed by atoms with Crippen molar-refractivity contribution in [3.63, 3.8) is 0 Å². The number of nitro groups is 1. The van der Waals surface area contributed by atoms with E-state index in [1.54, 1.807) is 17.8 Å². The first-order valence-electron chi connectivity index (χ1n) is 5.50. The zero-order valence-electron chi connectivity index (χ0n) is 10.2. The van der Waals surface area contributed by atoms with Crippen LogP contribution >= 0.6 is 11.8 Å². The minimum Gasteiger partial charge on any atom is -0.478 e. The molecular weight excluding hydrogens is 268 g/mol. The van der Waals surface area contributed by atoms with Crippen molar-refractivity contribution in [2.24, 2.45) is 0 Å². The van der Waals surface area contributed by atoms with E-state index in [1.807, 2.05) is 0 Å². The van der Waals surface area contributed by atoms with Gasteiger partial charge >= 0.3 is 5.97 Å². The highest BCUT2D eigenvalue weighted by atomic mass is 32.2. The van der Waals surface area contributed by atoms with Gasteiger partial charge in [0.25, 0.3) is 5.69 Å². The number of nitrogens with one attached hydrogen (secondary N) is 1. The van der Waals surface area contributed by atoms with E-state index in [2.05, 4.69) is 11.9 Å².